The molecule has 0 atom stereocenters. The fourth-order valence-corrected chi connectivity index (χ4v) is 5.65. The third kappa shape index (κ3) is 3.82. The second kappa shape index (κ2) is 8.48. The lowest BCUT2D eigenvalue weighted by Crippen LogP contribution is -2.50. The monoisotopic (exact) mass is 465 g/mol. The molecule has 0 unspecified atom stereocenters. The minimum atomic E-state index is -0.493. The fourth-order valence-electron chi connectivity index (χ4n) is 5.65. The van der Waals surface area contributed by atoms with Crippen LogP contribution in [0.25, 0.3) is 11.3 Å². The Bertz CT molecular complexity index is 1080. The topological polar surface area (TPSA) is 71.9 Å². The number of aromatic nitrogens is 2. The first kappa shape index (κ1) is 21.8. The van der Waals surface area contributed by atoms with Crippen molar-refractivity contribution in [1.82, 2.24) is 19.8 Å². The maximum Gasteiger partial charge on any atom is 0.409 e. The van der Waals surface area contributed by atoms with Crippen LogP contribution in [0.4, 0.5) is 10.7 Å². The second-order valence-electron chi connectivity index (χ2n) is 10.4. The zero-order valence-electron chi connectivity index (χ0n) is 20.3. The van der Waals surface area contributed by atoms with Crippen molar-refractivity contribution in [3.8, 4) is 17.0 Å². The van der Waals surface area contributed by atoms with E-state index in [9.17, 15) is 4.79 Å². The number of carbonyl (C=O) groups excluding carboxylic acids is 1. The average Bonchev–Trinajstić information content (AvgIpc) is 3.64. The van der Waals surface area contributed by atoms with Crippen molar-refractivity contribution in [2.75, 3.05) is 50.8 Å². The number of imidazole rings is 1. The third-order valence-electron chi connectivity index (χ3n) is 7.79. The highest BCUT2D eigenvalue weighted by molar-refractivity contribution is 5.75. The van der Waals surface area contributed by atoms with E-state index in [4.69, 9.17) is 14.5 Å². The number of piperidine rings is 1. The van der Waals surface area contributed by atoms with Gasteiger partial charge in [0, 0.05) is 58.2 Å². The van der Waals surface area contributed by atoms with Gasteiger partial charge in [-0.2, -0.15) is 0 Å². The normalized spacial score (nSPS) is 21.5. The highest BCUT2D eigenvalue weighted by atomic mass is 16.6. The Morgan fingerprint density at radius 1 is 1.21 bits per heavy atom. The number of nitrogens with zero attached hydrogens (tertiary/aromatic N) is 4. The molecule has 182 valence electrons. The molecule has 1 spiro atoms. The Morgan fingerprint density at radius 3 is 2.82 bits per heavy atom. The first-order chi connectivity index (χ1) is 16.5. The number of nitrogens with one attached hydrogen (secondary N) is 1. The summed E-state index contributed by atoms with van der Waals surface area (Å²) in [6.45, 7) is 7.85. The smallest absolute Gasteiger partial charge is 0.409 e. The molecule has 3 aliphatic heterocycles. The van der Waals surface area contributed by atoms with Gasteiger partial charge in [-0.25, -0.2) is 9.78 Å². The molecule has 1 N–H and O–H groups in total. The van der Waals surface area contributed by atoms with E-state index in [0.717, 1.165) is 74.1 Å². The molecule has 1 aromatic carbocycles. The first-order valence-electron chi connectivity index (χ1n) is 12.8. The number of likely N-dealkylation sites (tertiary alicyclic amines) is 1. The molecular formula is C26H35N5O3. The molecule has 4 aliphatic rings. The molecule has 3 fully saturated rings. The van der Waals surface area contributed by atoms with Gasteiger partial charge in [0.25, 0.3) is 0 Å². The first-order valence-corrected chi connectivity index (χ1v) is 12.8. The molecule has 6 rings (SSSR count). The summed E-state index contributed by atoms with van der Waals surface area (Å²) in [7, 11) is 2.13. The van der Waals surface area contributed by atoms with Crippen molar-refractivity contribution < 1.29 is 14.3 Å². The highest BCUT2D eigenvalue weighted by Crippen LogP contribution is 2.50. The predicted octanol–water partition coefficient (Wildman–Crippen LogP) is 3.43. The number of ether oxygens (including phenoxy) is 2. The van der Waals surface area contributed by atoms with Crippen molar-refractivity contribution in [3.05, 3.63) is 29.5 Å². The molecule has 4 heterocycles. The number of benzene rings is 1. The van der Waals surface area contributed by atoms with Crippen LogP contribution in [0, 0.1) is 12.8 Å². The van der Waals surface area contributed by atoms with Crippen molar-refractivity contribution in [2.24, 2.45) is 13.0 Å². The Morgan fingerprint density at radius 2 is 2.03 bits per heavy atom. The molecule has 2 aromatic rings. The van der Waals surface area contributed by atoms with Gasteiger partial charge >= 0.3 is 6.09 Å². The summed E-state index contributed by atoms with van der Waals surface area (Å²) in [5.41, 5.74) is 3.91. The van der Waals surface area contributed by atoms with Crippen LogP contribution in [0.5, 0.6) is 5.75 Å². The zero-order chi connectivity index (χ0) is 23.3. The van der Waals surface area contributed by atoms with E-state index in [1.54, 1.807) is 0 Å². The quantitative estimate of drug-likeness (QED) is 0.749. The lowest BCUT2D eigenvalue weighted by atomic mass is 9.83. The van der Waals surface area contributed by atoms with Gasteiger partial charge in [-0.1, -0.05) is 6.07 Å². The number of amides is 1. The number of anilines is 1. The molecular weight excluding hydrogens is 430 g/mol. The summed E-state index contributed by atoms with van der Waals surface area (Å²) in [4.78, 5) is 22.1. The van der Waals surface area contributed by atoms with E-state index >= 15 is 0 Å². The van der Waals surface area contributed by atoms with Crippen LogP contribution >= 0.6 is 0 Å². The van der Waals surface area contributed by atoms with E-state index in [1.807, 2.05) is 4.90 Å². The molecule has 1 amide bonds. The van der Waals surface area contributed by atoms with Crippen molar-refractivity contribution >= 4 is 12.0 Å². The molecule has 8 nitrogen and oxygen atoms in total. The zero-order valence-corrected chi connectivity index (χ0v) is 20.3. The number of hydrogen-bond acceptors (Lipinski definition) is 6. The molecule has 0 radical (unpaired) electrons. The van der Waals surface area contributed by atoms with Gasteiger partial charge in [-0.3, -0.25) is 0 Å². The van der Waals surface area contributed by atoms with Gasteiger partial charge in [-0.15, -0.1) is 0 Å². The minimum absolute atomic E-state index is 0.184. The van der Waals surface area contributed by atoms with Gasteiger partial charge in [0.2, 0.25) is 5.95 Å². The largest absolute Gasteiger partial charge is 0.480 e. The summed E-state index contributed by atoms with van der Waals surface area (Å²) < 4.78 is 14.7. The summed E-state index contributed by atoms with van der Waals surface area (Å²) in [6, 6.07) is 6.40. The maximum absolute atomic E-state index is 12.6. The van der Waals surface area contributed by atoms with E-state index < -0.39 is 5.60 Å². The number of hydrogen-bond donors (Lipinski definition) is 1. The second-order valence-corrected chi connectivity index (χ2v) is 10.4. The number of rotatable bonds is 3. The molecule has 0 bridgehead atoms. The Hall–Kier alpha value is -2.74. The molecule has 1 saturated carbocycles. The van der Waals surface area contributed by atoms with Gasteiger partial charge in [0.05, 0.1) is 12.3 Å². The standard InChI is InChI=1S/C26H35N5O3/c1-18-4-7-20-21(16-18)34-26(8-13-31(14-9-26)25(32)33-17-19-5-6-19)23-22(20)28-24(29(23)2)30-12-3-10-27-11-15-30/h4,7,16,19,27H,3,5-6,8-15,17H2,1-2H3. The van der Waals surface area contributed by atoms with E-state index in [0.29, 0.717) is 25.6 Å². The van der Waals surface area contributed by atoms with Gasteiger partial charge in [0.15, 0.2) is 5.60 Å². The SMILES string of the molecule is Cc1ccc2c(c1)OC1(CCN(C(=O)OCC3CC3)CC1)c1c-2nc(N2CCCNCC2)n1C. The molecule has 1 aliphatic carbocycles. The predicted molar refractivity (Wildman–Crippen MR) is 130 cm³/mol. The summed E-state index contributed by atoms with van der Waals surface area (Å²) in [5, 5.41) is 3.49. The Balaban J connectivity index is 1.33. The Labute approximate surface area is 201 Å². The maximum atomic E-state index is 12.6. The fraction of sp³-hybridized carbons (Fsp3) is 0.615. The van der Waals surface area contributed by atoms with E-state index in [1.165, 1.54) is 18.4 Å². The summed E-state index contributed by atoms with van der Waals surface area (Å²) in [6.07, 6.45) is 4.74. The number of carbonyl (C=O) groups is 1. The van der Waals surface area contributed by atoms with E-state index in [2.05, 4.69) is 47.0 Å². The Kier molecular flexibility index (Phi) is 5.43. The van der Waals surface area contributed by atoms with Crippen LogP contribution < -0.4 is 15.0 Å². The van der Waals surface area contributed by atoms with Crippen molar-refractivity contribution in [1.29, 1.82) is 0 Å². The molecule has 34 heavy (non-hydrogen) atoms. The minimum Gasteiger partial charge on any atom is -0.480 e. The van der Waals surface area contributed by atoms with Crippen LogP contribution in [0.3, 0.4) is 0 Å². The third-order valence-corrected chi connectivity index (χ3v) is 7.79. The highest BCUT2D eigenvalue weighted by Gasteiger charge is 2.48. The van der Waals surface area contributed by atoms with Crippen molar-refractivity contribution in [2.45, 2.75) is 44.6 Å². The van der Waals surface area contributed by atoms with Gasteiger partial charge in [0.1, 0.15) is 11.4 Å². The van der Waals surface area contributed by atoms with Crippen molar-refractivity contribution in [3.63, 3.8) is 0 Å². The van der Waals surface area contributed by atoms with Crippen LogP contribution in [-0.4, -0.2) is 66.4 Å². The number of aryl methyl sites for hydroxylation is 1. The van der Waals surface area contributed by atoms with Crippen LogP contribution in [0.15, 0.2) is 18.2 Å². The average molecular weight is 466 g/mol. The van der Waals surface area contributed by atoms with Gasteiger partial charge < -0.3 is 29.2 Å². The lowest BCUT2D eigenvalue weighted by molar-refractivity contribution is -0.0109. The molecule has 1 aromatic heterocycles. The van der Waals surface area contributed by atoms with Crippen LogP contribution in [0.2, 0.25) is 0 Å². The lowest BCUT2D eigenvalue weighted by Gasteiger charge is -2.44. The molecule has 2 saturated heterocycles. The number of fused-ring (bicyclic) bond motifs is 4. The van der Waals surface area contributed by atoms with E-state index in [-0.39, 0.29) is 6.09 Å². The molecule has 8 heteroatoms. The van der Waals surface area contributed by atoms with Gasteiger partial charge in [-0.05, 0) is 56.3 Å². The van der Waals surface area contributed by atoms with Crippen LogP contribution in [0.1, 0.15) is 43.4 Å². The summed E-state index contributed by atoms with van der Waals surface area (Å²) >= 11 is 0. The van der Waals surface area contributed by atoms with Crippen LogP contribution in [-0.2, 0) is 17.4 Å². The summed E-state index contributed by atoms with van der Waals surface area (Å²) in [5.74, 6) is 2.49.